The van der Waals surface area contributed by atoms with Crippen molar-refractivity contribution < 1.29 is 28.7 Å². The van der Waals surface area contributed by atoms with Crippen molar-refractivity contribution in [2.75, 3.05) is 20.8 Å². The molecule has 0 radical (unpaired) electrons. The molecule has 0 amide bonds. The first-order valence-electron chi connectivity index (χ1n) is 13.1. The predicted octanol–water partition coefficient (Wildman–Crippen LogP) is 5.63. The lowest BCUT2D eigenvalue weighted by atomic mass is 9.71. The number of carbonyl (C=O) groups is 2. The van der Waals surface area contributed by atoms with Crippen molar-refractivity contribution in [2.45, 2.75) is 58.3 Å². The molecule has 0 saturated heterocycles. The molecule has 0 unspecified atom stereocenters. The Morgan fingerprint density at radius 3 is 2.44 bits per heavy atom. The van der Waals surface area contributed by atoms with E-state index in [0.717, 1.165) is 12.0 Å². The number of nitrogens with zero attached hydrogens (tertiary/aromatic N) is 1. The van der Waals surface area contributed by atoms with Crippen LogP contribution >= 0.6 is 0 Å². The van der Waals surface area contributed by atoms with Gasteiger partial charge in [-0.25, -0.2) is 4.79 Å². The molecule has 2 aromatic carbocycles. The van der Waals surface area contributed by atoms with Gasteiger partial charge in [0.1, 0.15) is 0 Å². The molecule has 1 aliphatic heterocycles. The first-order valence-corrected chi connectivity index (χ1v) is 13.1. The predicted molar refractivity (Wildman–Crippen MR) is 146 cm³/mol. The molecule has 2 aromatic rings. The fourth-order valence-corrected chi connectivity index (χ4v) is 5.38. The number of aryl methyl sites for hydroxylation is 1. The van der Waals surface area contributed by atoms with Crippen molar-refractivity contribution >= 4 is 17.4 Å². The summed E-state index contributed by atoms with van der Waals surface area (Å²) >= 11 is 0. The highest BCUT2D eigenvalue weighted by Crippen LogP contribution is 2.47. The number of rotatable bonds is 9. The Kier molecular flexibility index (Phi) is 8.38. The van der Waals surface area contributed by atoms with E-state index >= 15 is 0 Å². The van der Waals surface area contributed by atoms with E-state index < -0.39 is 16.8 Å². The topological polar surface area (TPSA) is 117 Å². The number of unbranched alkanes of at least 4 members (excludes halogenated alkanes) is 1. The lowest BCUT2D eigenvalue weighted by Crippen LogP contribution is -2.36. The zero-order valence-corrected chi connectivity index (χ0v) is 23.0. The summed E-state index contributed by atoms with van der Waals surface area (Å²) in [5.74, 6) is -0.357. The van der Waals surface area contributed by atoms with Crippen molar-refractivity contribution in [1.29, 1.82) is 0 Å². The largest absolute Gasteiger partial charge is 0.493 e. The van der Waals surface area contributed by atoms with E-state index in [2.05, 4.69) is 5.32 Å². The molecule has 1 heterocycles. The number of Topliss-reactive ketones (excluding diaryl/α,β-unsaturated/α-hetero) is 1. The number of nitro benzene ring substituents is 1. The number of ketones is 1. The fourth-order valence-electron chi connectivity index (χ4n) is 5.38. The highest BCUT2D eigenvalue weighted by atomic mass is 16.6. The zero-order valence-electron chi connectivity index (χ0n) is 23.0. The second kappa shape index (κ2) is 11.7. The number of methoxy groups -OCH3 is 2. The molecule has 1 aliphatic carbocycles. The van der Waals surface area contributed by atoms with E-state index in [1.807, 2.05) is 25.1 Å². The van der Waals surface area contributed by atoms with Crippen molar-refractivity contribution in [1.82, 2.24) is 5.32 Å². The van der Waals surface area contributed by atoms with E-state index in [-0.39, 0.29) is 30.4 Å². The summed E-state index contributed by atoms with van der Waals surface area (Å²) in [4.78, 5) is 38.5. The average Bonchev–Trinajstić information content (AvgIpc) is 2.91. The van der Waals surface area contributed by atoms with Crippen molar-refractivity contribution in [3.05, 3.63) is 85.7 Å². The fraction of sp³-hybridized carbons (Fsp3) is 0.400. The van der Waals surface area contributed by atoms with E-state index in [0.29, 0.717) is 58.0 Å². The van der Waals surface area contributed by atoms with E-state index in [4.69, 9.17) is 14.2 Å². The Hall–Kier alpha value is -4.14. The molecular formula is C30H34N2O7. The third kappa shape index (κ3) is 5.53. The van der Waals surface area contributed by atoms with Gasteiger partial charge in [-0.1, -0.05) is 31.5 Å². The summed E-state index contributed by atoms with van der Waals surface area (Å²) in [7, 11) is 3.14. The molecule has 0 saturated carbocycles. The molecule has 0 bridgehead atoms. The normalized spacial score (nSPS) is 18.8. The van der Waals surface area contributed by atoms with Gasteiger partial charge in [0.25, 0.3) is 5.69 Å². The van der Waals surface area contributed by atoms with Gasteiger partial charge in [0.05, 0.1) is 31.3 Å². The first-order chi connectivity index (χ1) is 18.7. The Morgan fingerprint density at radius 1 is 1.05 bits per heavy atom. The number of nitrogens with one attached hydrogen (secondary N) is 1. The number of esters is 1. The highest BCUT2D eigenvalue weighted by molar-refractivity contribution is 6.04. The molecule has 0 spiro atoms. The molecular weight excluding hydrogens is 500 g/mol. The summed E-state index contributed by atoms with van der Waals surface area (Å²) in [5.41, 5.74) is 3.94. The number of hydrogen-bond acceptors (Lipinski definition) is 8. The second-order valence-electron chi connectivity index (χ2n) is 9.92. The van der Waals surface area contributed by atoms with Crippen LogP contribution < -0.4 is 14.8 Å². The summed E-state index contributed by atoms with van der Waals surface area (Å²) in [5, 5.41) is 15.1. The van der Waals surface area contributed by atoms with Gasteiger partial charge in [0, 0.05) is 40.9 Å². The number of benzene rings is 2. The minimum absolute atomic E-state index is 0.0593. The van der Waals surface area contributed by atoms with Crippen LogP contribution in [0.5, 0.6) is 11.5 Å². The first kappa shape index (κ1) is 27.9. The van der Waals surface area contributed by atoms with Gasteiger partial charge in [-0.05, 0) is 55.9 Å². The van der Waals surface area contributed by atoms with E-state index in [1.165, 1.54) is 6.07 Å². The number of ether oxygens (including phenoxy) is 3. The van der Waals surface area contributed by atoms with Crippen LogP contribution in [0.15, 0.2) is 58.9 Å². The molecule has 1 N–H and O–H groups in total. The van der Waals surface area contributed by atoms with Gasteiger partial charge in [-0.15, -0.1) is 0 Å². The van der Waals surface area contributed by atoms with E-state index in [9.17, 15) is 19.7 Å². The Morgan fingerprint density at radius 2 is 1.77 bits per heavy atom. The molecule has 39 heavy (non-hydrogen) atoms. The smallest absolute Gasteiger partial charge is 0.336 e. The van der Waals surface area contributed by atoms with Crippen molar-refractivity contribution in [2.24, 2.45) is 0 Å². The highest BCUT2D eigenvalue weighted by Gasteiger charge is 2.42. The molecule has 2 aliphatic rings. The van der Waals surface area contributed by atoms with Gasteiger partial charge in [0.15, 0.2) is 17.3 Å². The summed E-state index contributed by atoms with van der Waals surface area (Å²) < 4.78 is 16.4. The number of hydrogen-bond donors (Lipinski definition) is 1. The van der Waals surface area contributed by atoms with Crippen LogP contribution in [0, 0.1) is 17.0 Å². The van der Waals surface area contributed by atoms with Gasteiger partial charge in [-0.2, -0.15) is 0 Å². The van der Waals surface area contributed by atoms with Crippen LogP contribution in [0.3, 0.4) is 0 Å². The number of nitro groups is 1. The third-order valence-corrected chi connectivity index (χ3v) is 7.42. The van der Waals surface area contributed by atoms with Crippen LogP contribution in [0.4, 0.5) is 5.69 Å². The second-order valence-corrected chi connectivity index (χ2v) is 9.92. The molecule has 0 fully saturated rings. The van der Waals surface area contributed by atoms with Crippen molar-refractivity contribution in [3.63, 3.8) is 0 Å². The molecule has 0 aromatic heterocycles. The minimum Gasteiger partial charge on any atom is -0.493 e. The monoisotopic (exact) mass is 534 g/mol. The van der Waals surface area contributed by atoms with Crippen LogP contribution in [0.1, 0.15) is 68.1 Å². The van der Waals surface area contributed by atoms with Crippen LogP contribution in [0.25, 0.3) is 0 Å². The number of dihydropyridines is 1. The summed E-state index contributed by atoms with van der Waals surface area (Å²) in [6, 6.07) is 10.5. The lowest BCUT2D eigenvalue weighted by Gasteiger charge is -2.36. The van der Waals surface area contributed by atoms with Gasteiger partial charge in [0.2, 0.25) is 0 Å². The molecule has 206 valence electrons. The minimum atomic E-state index is -0.770. The van der Waals surface area contributed by atoms with Crippen LogP contribution in [-0.2, 0) is 14.3 Å². The standard InChI is InChI=1S/C30H34N2O7/c1-6-7-12-39-30(34)27-18(3)31-22-13-21(19-10-11-25(37-4)26(16-19)38-5)15-24(33)29(22)28(27)20-9-8-17(2)23(14-20)32(35)36/h8-11,14,16,21,28,31H,6-7,12-13,15H2,1-5H3/t21-,28+/m1/s1. The Balaban J connectivity index is 1.79. The van der Waals surface area contributed by atoms with Gasteiger partial charge >= 0.3 is 5.97 Å². The Bertz CT molecular complexity index is 1380. The van der Waals surface area contributed by atoms with E-state index in [1.54, 1.807) is 40.2 Å². The Labute approximate surface area is 228 Å². The SMILES string of the molecule is CCCCOC(=O)C1=C(C)NC2=C(C(=O)C[C@H](c3ccc(OC)c(OC)c3)C2)[C@H]1c1ccc(C)c([N+](=O)[O-])c1. The number of allylic oxidation sites excluding steroid dienone is 3. The maximum atomic E-state index is 13.8. The summed E-state index contributed by atoms with van der Waals surface area (Å²) in [6.45, 7) is 5.70. The molecule has 9 heteroatoms. The summed E-state index contributed by atoms with van der Waals surface area (Å²) in [6.07, 6.45) is 2.32. The number of carbonyl (C=O) groups excluding carboxylic acids is 2. The molecule has 4 rings (SSSR count). The zero-order chi connectivity index (χ0) is 28.3. The maximum Gasteiger partial charge on any atom is 0.336 e. The third-order valence-electron chi connectivity index (χ3n) is 7.42. The quantitative estimate of drug-likeness (QED) is 0.191. The molecule has 9 nitrogen and oxygen atoms in total. The molecule has 2 atom stereocenters. The van der Waals surface area contributed by atoms with Crippen LogP contribution in [-0.4, -0.2) is 37.5 Å². The van der Waals surface area contributed by atoms with Crippen LogP contribution in [0.2, 0.25) is 0 Å². The average molecular weight is 535 g/mol. The maximum absolute atomic E-state index is 13.8. The van der Waals surface area contributed by atoms with Gasteiger partial charge in [-0.3, -0.25) is 14.9 Å². The van der Waals surface area contributed by atoms with Crippen molar-refractivity contribution in [3.8, 4) is 11.5 Å². The van der Waals surface area contributed by atoms with Gasteiger partial charge < -0.3 is 19.5 Å². The lowest BCUT2D eigenvalue weighted by molar-refractivity contribution is -0.385.